The summed E-state index contributed by atoms with van der Waals surface area (Å²) in [5, 5.41) is 19.4. The van der Waals surface area contributed by atoms with Gasteiger partial charge in [0.05, 0.1) is 6.20 Å². The van der Waals surface area contributed by atoms with Crippen LogP contribution in [0.3, 0.4) is 0 Å². The summed E-state index contributed by atoms with van der Waals surface area (Å²) in [5.41, 5.74) is 0.201. The molecule has 1 aromatic heterocycles. The lowest BCUT2D eigenvalue weighted by Crippen LogP contribution is -2.46. The predicted molar refractivity (Wildman–Crippen MR) is 70.3 cm³/mol. The van der Waals surface area contributed by atoms with Crippen molar-refractivity contribution in [1.29, 1.82) is 0 Å². The molecule has 8 heteroatoms. The lowest BCUT2D eigenvalue weighted by Gasteiger charge is -2.33. The minimum atomic E-state index is -1.01. The number of nitrogens with one attached hydrogen (secondary N) is 1. The molecule has 0 spiro atoms. The molecule has 0 saturated carbocycles. The van der Waals surface area contributed by atoms with Crippen molar-refractivity contribution in [2.75, 3.05) is 19.6 Å². The SMILES string of the molecule is CCN(C(=O)c1cn(CC(=O)O)nn1)C1CCNCC1. The second kappa shape index (κ2) is 6.47. The third kappa shape index (κ3) is 3.32. The number of nitrogens with zero attached hydrogens (tertiary/aromatic N) is 4. The third-order valence-electron chi connectivity index (χ3n) is 3.41. The van der Waals surface area contributed by atoms with Crippen molar-refractivity contribution in [1.82, 2.24) is 25.2 Å². The molecule has 2 heterocycles. The smallest absolute Gasteiger partial charge is 0.325 e. The van der Waals surface area contributed by atoms with E-state index in [0.29, 0.717) is 6.54 Å². The van der Waals surface area contributed by atoms with Gasteiger partial charge in [0.15, 0.2) is 5.69 Å². The summed E-state index contributed by atoms with van der Waals surface area (Å²) in [4.78, 5) is 24.8. The first kappa shape index (κ1) is 14.4. The number of carbonyl (C=O) groups excluding carboxylic acids is 1. The number of rotatable bonds is 5. The Labute approximate surface area is 116 Å². The van der Waals surface area contributed by atoms with E-state index in [9.17, 15) is 9.59 Å². The van der Waals surface area contributed by atoms with Crippen LogP contribution in [-0.4, -0.2) is 62.6 Å². The number of amides is 1. The van der Waals surface area contributed by atoms with Gasteiger partial charge in [0.1, 0.15) is 6.54 Å². The highest BCUT2D eigenvalue weighted by Gasteiger charge is 2.26. The van der Waals surface area contributed by atoms with Gasteiger partial charge in [-0.05, 0) is 32.9 Å². The van der Waals surface area contributed by atoms with Gasteiger partial charge >= 0.3 is 5.97 Å². The fourth-order valence-corrected chi connectivity index (χ4v) is 2.45. The average Bonchev–Trinajstić information content (AvgIpc) is 2.88. The predicted octanol–water partition coefficient (Wildman–Crippen LogP) is -0.423. The normalized spacial score (nSPS) is 16.1. The van der Waals surface area contributed by atoms with Crippen LogP contribution < -0.4 is 5.32 Å². The molecule has 2 rings (SSSR count). The van der Waals surface area contributed by atoms with Gasteiger partial charge in [-0.15, -0.1) is 5.10 Å². The number of carbonyl (C=O) groups is 2. The summed E-state index contributed by atoms with van der Waals surface area (Å²) in [6.07, 6.45) is 3.23. The van der Waals surface area contributed by atoms with E-state index in [1.807, 2.05) is 6.92 Å². The van der Waals surface area contributed by atoms with E-state index in [2.05, 4.69) is 15.6 Å². The first-order chi connectivity index (χ1) is 9.61. The van der Waals surface area contributed by atoms with Crippen LogP contribution in [0.5, 0.6) is 0 Å². The van der Waals surface area contributed by atoms with E-state index in [1.54, 1.807) is 4.90 Å². The molecule has 20 heavy (non-hydrogen) atoms. The van der Waals surface area contributed by atoms with Crippen LogP contribution in [0.25, 0.3) is 0 Å². The number of carboxylic acids is 1. The minimum absolute atomic E-state index is 0.184. The molecule has 0 atom stereocenters. The molecular formula is C12H19N5O3. The highest BCUT2D eigenvalue weighted by molar-refractivity contribution is 5.92. The molecule has 0 radical (unpaired) electrons. The molecule has 1 aliphatic heterocycles. The Balaban J connectivity index is 2.07. The molecule has 0 bridgehead atoms. The molecule has 0 unspecified atom stereocenters. The van der Waals surface area contributed by atoms with Gasteiger partial charge in [0, 0.05) is 12.6 Å². The van der Waals surface area contributed by atoms with Gasteiger partial charge < -0.3 is 15.3 Å². The zero-order valence-corrected chi connectivity index (χ0v) is 11.4. The molecule has 1 aromatic rings. The monoisotopic (exact) mass is 281 g/mol. The summed E-state index contributed by atoms with van der Waals surface area (Å²) in [7, 11) is 0. The summed E-state index contributed by atoms with van der Waals surface area (Å²) in [5.74, 6) is -1.20. The van der Waals surface area contributed by atoms with Gasteiger partial charge in [0.2, 0.25) is 0 Å². The largest absolute Gasteiger partial charge is 0.480 e. The van der Waals surface area contributed by atoms with E-state index in [4.69, 9.17) is 5.11 Å². The van der Waals surface area contributed by atoms with E-state index >= 15 is 0 Å². The molecule has 1 saturated heterocycles. The van der Waals surface area contributed by atoms with Crippen LogP contribution in [0.2, 0.25) is 0 Å². The highest BCUT2D eigenvalue weighted by atomic mass is 16.4. The second-order valence-electron chi connectivity index (χ2n) is 4.77. The lowest BCUT2D eigenvalue weighted by atomic mass is 10.0. The van der Waals surface area contributed by atoms with Crippen LogP contribution in [0.1, 0.15) is 30.3 Å². The van der Waals surface area contributed by atoms with Crippen molar-refractivity contribution >= 4 is 11.9 Å². The molecular weight excluding hydrogens is 262 g/mol. The summed E-state index contributed by atoms with van der Waals surface area (Å²) < 4.78 is 1.16. The molecule has 1 aliphatic rings. The number of hydrogen-bond donors (Lipinski definition) is 2. The van der Waals surface area contributed by atoms with Gasteiger partial charge in [0.25, 0.3) is 5.91 Å². The summed E-state index contributed by atoms with van der Waals surface area (Å²) in [6.45, 7) is 4.05. The lowest BCUT2D eigenvalue weighted by molar-refractivity contribution is -0.137. The topological polar surface area (TPSA) is 100 Å². The van der Waals surface area contributed by atoms with Gasteiger partial charge in [-0.1, -0.05) is 5.21 Å². The maximum atomic E-state index is 12.4. The van der Waals surface area contributed by atoms with Crippen molar-refractivity contribution in [3.05, 3.63) is 11.9 Å². The fourth-order valence-electron chi connectivity index (χ4n) is 2.45. The first-order valence-electron chi connectivity index (χ1n) is 6.75. The number of aromatic nitrogens is 3. The van der Waals surface area contributed by atoms with E-state index in [1.165, 1.54) is 6.20 Å². The third-order valence-corrected chi connectivity index (χ3v) is 3.41. The standard InChI is InChI=1S/C12H19N5O3/c1-2-17(9-3-5-13-6-4-9)12(20)10-7-16(15-14-10)8-11(18)19/h7,9,13H,2-6,8H2,1H3,(H,18,19). The molecule has 1 fully saturated rings. The zero-order chi connectivity index (χ0) is 14.5. The van der Waals surface area contributed by atoms with Crippen LogP contribution in [0, 0.1) is 0 Å². The molecule has 1 amide bonds. The van der Waals surface area contributed by atoms with Crippen LogP contribution in [0.15, 0.2) is 6.20 Å². The highest BCUT2D eigenvalue weighted by Crippen LogP contribution is 2.14. The maximum absolute atomic E-state index is 12.4. The maximum Gasteiger partial charge on any atom is 0.325 e. The number of hydrogen-bond acceptors (Lipinski definition) is 5. The van der Waals surface area contributed by atoms with E-state index in [0.717, 1.165) is 30.6 Å². The Morgan fingerprint density at radius 3 is 2.80 bits per heavy atom. The van der Waals surface area contributed by atoms with Crippen LogP contribution >= 0.6 is 0 Å². The van der Waals surface area contributed by atoms with Crippen molar-refractivity contribution in [3.8, 4) is 0 Å². The quantitative estimate of drug-likeness (QED) is 0.760. The molecule has 110 valence electrons. The minimum Gasteiger partial charge on any atom is -0.480 e. The number of carboxylic acid groups (broad SMARTS) is 1. The zero-order valence-electron chi connectivity index (χ0n) is 11.4. The molecule has 8 nitrogen and oxygen atoms in total. The van der Waals surface area contributed by atoms with Gasteiger partial charge in [-0.2, -0.15) is 0 Å². The molecule has 2 N–H and O–H groups in total. The summed E-state index contributed by atoms with van der Waals surface area (Å²) in [6, 6.07) is 0.207. The van der Waals surface area contributed by atoms with Crippen molar-refractivity contribution in [2.24, 2.45) is 0 Å². The second-order valence-corrected chi connectivity index (χ2v) is 4.77. The van der Waals surface area contributed by atoms with Crippen molar-refractivity contribution < 1.29 is 14.7 Å². The number of aliphatic carboxylic acids is 1. The molecule has 0 aliphatic carbocycles. The van der Waals surface area contributed by atoms with Crippen LogP contribution in [0.4, 0.5) is 0 Å². The average molecular weight is 281 g/mol. The van der Waals surface area contributed by atoms with Gasteiger partial charge in [-0.25, -0.2) is 4.68 Å². The Morgan fingerprint density at radius 2 is 2.20 bits per heavy atom. The summed E-state index contributed by atoms with van der Waals surface area (Å²) >= 11 is 0. The fraction of sp³-hybridized carbons (Fsp3) is 0.667. The Morgan fingerprint density at radius 1 is 1.50 bits per heavy atom. The first-order valence-corrected chi connectivity index (χ1v) is 6.75. The van der Waals surface area contributed by atoms with E-state index in [-0.39, 0.29) is 24.2 Å². The van der Waals surface area contributed by atoms with Gasteiger partial charge in [-0.3, -0.25) is 9.59 Å². The Hall–Kier alpha value is -1.96. The van der Waals surface area contributed by atoms with Crippen LogP contribution in [-0.2, 0) is 11.3 Å². The molecule has 0 aromatic carbocycles. The van der Waals surface area contributed by atoms with Crippen molar-refractivity contribution in [3.63, 3.8) is 0 Å². The Kier molecular flexibility index (Phi) is 4.67. The van der Waals surface area contributed by atoms with Crippen molar-refractivity contribution in [2.45, 2.75) is 32.4 Å². The Bertz CT molecular complexity index is 481. The number of piperidine rings is 1. The van der Waals surface area contributed by atoms with E-state index < -0.39 is 5.97 Å².